The van der Waals surface area contributed by atoms with E-state index in [9.17, 15) is 14.0 Å². The zero-order chi connectivity index (χ0) is 22.5. The average Bonchev–Trinajstić information content (AvgIpc) is 3.20. The van der Waals surface area contributed by atoms with Crippen LogP contribution in [0.25, 0.3) is 0 Å². The largest absolute Gasteiger partial charge is 0.322 e. The first-order valence-corrected chi connectivity index (χ1v) is 11.8. The second-order valence-electron chi connectivity index (χ2n) is 7.78. The fourth-order valence-electron chi connectivity index (χ4n) is 3.69. The summed E-state index contributed by atoms with van der Waals surface area (Å²) in [7, 11) is 0. The van der Waals surface area contributed by atoms with Gasteiger partial charge in [-0.3, -0.25) is 14.5 Å². The average molecular weight is 449 g/mol. The Labute approximate surface area is 191 Å². The number of carbonyl (C=O) groups excluding carboxylic acids is 2. The van der Waals surface area contributed by atoms with Crippen molar-refractivity contribution >= 4 is 35.0 Å². The summed E-state index contributed by atoms with van der Waals surface area (Å²) in [6.45, 7) is 2.16. The van der Waals surface area contributed by atoms with Crippen molar-refractivity contribution in [2.24, 2.45) is 0 Å². The number of thioether (sulfide) groups is 1. The van der Waals surface area contributed by atoms with Gasteiger partial charge in [0, 0.05) is 16.9 Å². The maximum atomic E-state index is 13.3. The topological polar surface area (TPSA) is 49.4 Å². The Morgan fingerprint density at radius 3 is 2.38 bits per heavy atom. The Hall–Kier alpha value is -3.12. The molecule has 1 saturated heterocycles. The summed E-state index contributed by atoms with van der Waals surface area (Å²) in [6, 6.07) is 21.2. The number of aryl methyl sites for hydroxylation is 1. The molecule has 0 aliphatic carbocycles. The van der Waals surface area contributed by atoms with E-state index in [1.165, 1.54) is 29.5 Å². The van der Waals surface area contributed by atoms with Crippen LogP contribution < -0.4 is 10.2 Å². The first kappa shape index (κ1) is 22.1. The predicted molar refractivity (Wildman–Crippen MR) is 129 cm³/mol. The molecule has 2 amide bonds. The first-order chi connectivity index (χ1) is 15.5. The van der Waals surface area contributed by atoms with Gasteiger partial charge in [-0.15, -0.1) is 11.8 Å². The van der Waals surface area contributed by atoms with E-state index in [2.05, 4.69) is 12.2 Å². The number of rotatable bonds is 7. The zero-order valence-corrected chi connectivity index (χ0v) is 18.7. The molecule has 3 aromatic rings. The number of nitrogens with zero attached hydrogens (tertiary/aromatic N) is 1. The molecule has 1 heterocycles. The maximum Gasteiger partial charge on any atom is 0.255 e. The van der Waals surface area contributed by atoms with E-state index in [0.29, 0.717) is 22.7 Å². The Morgan fingerprint density at radius 2 is 1.72 bits per heavy atom. The monoisotopic (exact) mass is 448 g/mol. The SMILES string of the molecule is CCCCc1ccc(C(=O)Nc2ccc([C@@H]3SCC(=O)N3c3ccc(F)cc3)cc2)cc1. The molecule has 1 aliphatic rings. The van der Waals surface area contributed by atoms with Gasteiger partial charge in [0.2, 0.25) is 5.91 Å². The van der Waals surface area contributed by atoms with E-state index >= 15 is 0 Å². The minimum Gasteiger partial charge on any atom is -0.322 e. The van der Waals surface area contributed by atoms with Gasteiger partial charge in [0.05, 0.1) is 5.75 Å². The molecule has 0 spiro atoms. The van der Waals surface area contributed by atoms with Crippen LogP contribution in [0.5, 0.6) is 0 Å². The Balaban J connectivity index is 1.44. The van der Waals surface area contributed by atoms with Gasteiger partial charge in [-0.1, -0.05) is 37.6 Å². The molecular formula is C26H25FN2O2S. The number of carbonyl (C=O) groups is 2. The highest BCUT2D eigenvalue weighted by Crippen LogP contribution is 2.41. The van der Waals surface area contributed by atoms with Crippen LogP contribution in [0.15, 0.2) is 72.8 Å². The van der Waals surface area contributed by atoms with E-state index < -0.39 is 0 Å². The van der Waals surface area contributed by atoms with Crippen molar-refractivity contribution in [1.82, 2.24) is 0 Å². The van der Waals surface area contributed by atoms with Gasteiger partial charge in [0.15, 0.2) is 0 Å². The van der Waals surface area contributed by atoms with Crippen molar-refractivity contribution < 1.29 is 14.0 Å². The molecule has 3 aromatic carbocycles. The lowest BCUT2D eigenvalue weighted by molar-refractivity contribution is -0.115. The third kappa shape index (κ3) is 5.02. The van der Waals surface area contributed by atoms with Crippen LogP contribution in [0.4, 0.5) is 15.8 Å². The van der Waals surface area contributed by atoms with E-state index in [4.69, 9.17) is 0 Å². The Kier molecular flexibility index (Phi) is 6.90. The molecule has 0 bridgehead atoms. The first-order valence-electron chi connectivity index (χ1n) is 10.7. The molecule has 0 saturated carbocycles. The highest BCUT2D eigenvalue weighted by atomic mass is 32.2. The van der Waals surface area contributed by atoms with Crippen LogP contribution in [0.1, 0.15) is 46.6 Å². The van der Waals surface area contributed by atoms with Gasteiger partial charge >= 0.3 is 0 Å². The highest BCUT2D eigenvalue weighted by Gasteiger charge is 2.34. The molecular weight excluding hydrogens is 423 g/mol. The van der Waals surface area contributed by atoms with E-state index in [-0.39, 0.29) is 23.0 Å². The van der Waals surface area contributed by atoms with Gasteiger partial charge in [-0.25, -0.2) is 4.39 Å². The lowest BCUT2D eigenvalue weighted by Gasteiger charge is -2.24. The number of halogens is 1. The zero-order valence-electron chi connectivity index (χ0n) is 17.9. The molecule has 6 heteroatoms. The van der Waals surface area contributed by atoms with Crippen LogP contribution in [-0.4, -0.2) is 17.6 Å². The van der Waals surface area contributed by atoms with Crippen LogP contribution in [0.2, 0.25) is 0 Å². The number of amides is 2. The van der Waals surface area contributed by atoms with Crippen LogP contribution in [0, 0.1) is 5.82 Å². The number of hydrogen-bond acceptors (Lipinski definition) is 3. The predicted octanol–water partition coefficient (Wildman–Crippen LogP) is 6.20. The second kappa shape index (κ2) is 10.0. The standard InChI is InChI=1S/C26H25FN2O2S/c1-2-3-4-18-5-7-19(8-6-18)25(31)28-22-13-9-20(10-14-22)26-29(24(30)17-32-26)23-15-11-21(27)12-16-23/h5-16,26H,2-4,17H2,1H3,(H,28,31)/t26-/m0/s1. The van der Waals surface area contributed by atoms with Gasteiger partial charge in [0.1, 0.15) is 11.2 Å². The van der Waals surface area contributed by atoms with Crippen LogP contribution in [0.3, 0.4) is 0 Å². The van der Waals surface area contributed by atoms with Gasteiger partial charge < -0.3 is 5.32 Å². The quantitative estimate of drug-likeness (QED) is 0.468. The molecule has 0 unspecified atom stereocenters. The van der Waals surface area contributed by atoms with Crippen LogP contribution in [-0.2, 0) is 11.2 Å². The summed E-state index contributed by atoms with van der Waals surface area (Å²) >= 11 is 1.53. The summed E-state index contributed by atoms with van der Waals surface area (Å²) < 4.78 is 13.3. The van der Waals surface area contributed by atoms with Crippen molar-refractivity contribution in [3.05, 3.63) is 95.3 Å². The van der Waals surface area contributed by atoms with Gasteiger partial charge in [0.25, 0.3) is 5.91 Å². The van der Waals surface area contributed by atoms with Crippen molar-refractivity contribution in [3.63, 3.8) is 0 Å². The number of benzene rings is 3. The lowest BCUT2D eigenvalue weighted by Crippen LogP contribution is -2.27. The van der Waals surface area contributed by atoms with Crippen molar-refractivity contribution in [3.8, 4) is 0 Å². The number of nitrogens with one attached hydrogen (secondary N) is 1. The van der Waals surface area contributed by atoms with E-state index in [0.717, 1.165) is 24.8 Å². The van der Waals surface area contributed by atoms with Crippen molar-refractivity contribution in [2.75, 3.05) is 16.0 Å². The van der Waals surface area contributed by atoms with E-state index in [1.807, 2.05) is 48.5 Å². The lowest BCUT2D eigenvalue weighted by atomic mass is 10.1. The van der Waals surface area contributed by atoms with Gasteiger partial charge in [-0.2, -0.15) is 0 Å². The third-order valence-electron chi connectivity index (χ3n) is 5.46. The van der Waals surface area contributed by atoms with Gasteiger partial charge in [-0.05, 0) is 72.5 Å². The smallest absolute Gasteiger partial charge is 0.255 e. The molecule has 1 aliphatic heterocycles. The maximum absolute atomic E-state index is 13.3. The molecule has 1 N–H and O–H groups in total. The number of hydrogen-bond donors (Lipinski definition) is 1. The molecule has 4 rings (SSSR count). The van der Waals surface area contributed by atoms with Crippen LogP contribution >= 0.6 is 11.8 Å². The summed E-state index contributed by atoms with van der Waals surface area (Å²) in [5.74, 6) is -0.126. The fourth-order valence-corrected chi connectivity index (χ4v) is 4.87. The highest BCUT2D eigenvalue weighted by molar-refractivity contribution is 8.00. The molecule has 4 nitrogen and oxygen atoms in total. The summed E-state index contributed by atoms with van der Waals surface area (Å²) in [6.07, 6.45) is 3.31. The molecule has 1 fully saturated rings. The Morgan fingerprint density at radius 1 is 1.03 bits per heavy atom. The summed E-state index contributed by atoms with van der Waals surface area (Å²) in [4.78, 5) is 26.7. The minimum atomic E-state index is -0.333. The molecule has 164 valence electrons. The minimum absolute atomic E-state index is 0.00799. The van der Waals surface area contributed by atoms with Crippen molar-refractivity contribution in [1.29, 1.82) is 0 Å². The summed E-state index contributed by atoms with van der Waals surface area (Å²) in [5.41, 5.74) is 4.17. The Bertz CT molecular complexity index is 1080. The summed E-state index contributed by atoms with van der Waals surface area (Å²) in [5, 5.41) is 2.74. The van der Waals surface area contributed by atoms with E-state index in [1.54, 1.807) is 17.0 Å². The molecule has 32 heavy (non-hydrogen) atoms. The molecule has 0 aromatic heterocycles. The normalized spacial score (nSPS) is 15.8. The second-order valence-corrected chi connectivity index (χ2v) is 8.85. The third-order valence-corrected chi connectivity index (χ3v) is 6.67. The number of unbranched alkanes of at least 4 members (excludes halogenated alkanes) is 1. The van der Waals surface area contributed by atoms with Crippen molar-refractivity contribution in [2.45, 2.75) is 31.6 Å². The number of anilines is 2. The molecule has 1 atom stereocenters. The molecule has 0 radical (unpaired) electrons. The fraction of sp³-hybridized carbons (Fsp3) is 0.231.